The molecule has 1 aromatic rings. The third-order valence-electron chi connectivity index (χ3n) is 2.56. The Bertz CT molecular complexity index is 352. The van der Waals surface area contributed by atoms with E-state index < -0.39 is 12.0 Å². The number of fused-ring (bicyclic) bond motifs is 1. The van der Waals surface area contributed by atoms with Gasteiger partial charge >= 0.3 is 5.97 Å². The molecule has 1 atom stereocenters. The van der Waals surface area contributed by atoms with E-state index in [9.17, 15) is 4.79 Å². The summed E-state index contributed by atoms with van der Waals surface area (Å²) in [5.74, 6) is -0.844. The number of carboxylic acid groups (broad SMARTS) is 1. The highest BCUT2D eigenvalue weighted by atomic mass is 32.1. The van der Waals surface area contributed by atoms with Gasteiger partial charge in [-0.2, -0.15) is 0 Å². The zero-order valence-electron chi connectivity index (χ0n) is 8.62. The summed E-state index contributed by atoms with van der Waals surface area (Å²) in [6, 6.07) is -0.572. The van der Waals surface area contributed by atoms with Gasteiger partial charge in [0, 0.05) is 4.88 Å². The minimum absolute atomic E-state index is 0.572. The Morgan fingerprint density at radius 3 is 2.93 bits per heavy atom. The SMILES string of the molecule is CC(Nc1nc2c(s1)CCCC2)C(=O)O. The molecular weight excluding hydrogens is 212 g/mol. The number of rotatable bonds is 3. The van der Waals surface area contributed by atoms with E-state index in [2.05, 4.69) is 10.3 Å². The van der Waals surface area contributed by atoms with E-state index in [0.717, 1.165) is 23.7 Å². The highest BCUT2D eigenvalue weighted by Gasteiger charge is 2.17. The molecule has 0 spiro atoms. The predicted octanol–water partition coefficient (Wildman–Crippen LogP) is 1.91. The number of aryl methyl sites for hydroxylation is 2. The third kappa shape index (κ3) is 2.28. The van der Waals surface area contributed by atoms with Gasteiger partial charge in [-0.15, -0.1) is 11.3 Å². The summed E-state index contributed by atoms with van der Waals surface area (Å²) in [5, 5.41) is 12.4. The molecule has 4 nitrogen and oxygen atoms in total. The van der Waals surface area contributed by atoms with Crippen molar-refractivity contribution in [1.29, 1.82) is 0 Å². The number of nitrogens with zero attached hydrogens (tertiary/aromatic N) is 1. The second-order valence-electron chi connectivity index (χ2n) is 3.80. The summed E-state index contributed by atoms with van der Waals surface area (Å²) >= 11 is 1.60. The number of anilines is 1. The normalized spacial score (nSPS) is 16.9. The number of aromatic nitrogens is 1. The Kier molecular flexibility index (Phi) is 2.90. The van der Waals surface area contributed by atoms with E-state index in [1.807, 2.05) is 0 Å². The number of thiazole rings is 1. The summed E-state index contributed by atoms with van der Waals surface area (Å²) in [7, 11) is 0. The van der Waals surface area contributed by atoms with Crippen molar-refractivity contribution in [3.05, 3.63) is 10.6 Å². The molecule has 1 aromatic heterocycles. The lowest BCUT2D eigenvalue weighted by Gasteiger charge is -2.06. The first-order valence-electron chi connectivity index (χ1n) is 5.15. The first-order valence-corrected chi connectivity index (χ1v) is 5.96. The van der Waals surface area contributed by atoms with Crippen molar-refractivity contribution in [3.8, 4) is 0 Å². The van der Waals surface area contributed by atoms with E-state index in [0.29, 0.717) is 0 Å². The summed E-state index contributed by atoms with van der Waals surface area (Å²) in [6.07, 6.45) is 4.55. The van der Waals surface area contributed by atoms with Crippen LogP contribution in [-0.2, 0) is 17.6 Å². The molecule has 82 valence electrons. The van der Waals surface area contributed by atoms with Crippen LogP contribution in [-0.4, -0.2) is 22.1 Å². The van der Waals surface area contributed by atoms with Crippen LogP contribution in [0.25, 0.3) is 0 Å². The summed E-state index contributed by atoms with van der Waals surface area (Å²) < 4.78 is 0. The largest absolute Gasteiger partial charge is 0.480 e. The maximum Gasteiger partial charge on any atom is 0.325 e. The average Bonchev–Trinajstić information content (AvgIpc) is 2.59. The van der Waals surface area contributed by atoms with E-state index >= 15 is 0 Å². The summed E-state index contributed by atoms with van der Waals surface area (Å²) in [6.45, 7) is 1.63. The van der Waals surface area contributed by atoms with Gasteiger partial charge in [-0.05, 0) is 32.6 Å². The zero-order valence-corrected chi connectivity index (χ0v) is 9.43. The molecule has 15 heavy (non-hydrogen) atoms. The Morgan fingerprint density at radius 1 is 1.53 bits per heavy atom. The van der Waals surface area contributed by atoms with Crippen LogP contribution in [0.5, 0.6) is 0 Å². The highest BCUT2D eigenvalue weighted by Crippen LogP contribution is 2.29. The first-order chi connectivity index (χ1) is 7.16. The van der Waals surface area contributed by atoms with Crippen LogP contribution in [0.1, 0.15) is 30.3 Å². The van der Waals surface area contributed by atoms with Gasteiger partial charge in [-0.25, -0.2) is 4.98 Å². The fourth-order valence-corrected chi connectivity index (χ4v) is 2.80. The number of aliphatic carboxylic acids is 1. The van der Waals surface area contributed by atoms with Crippen LogP contribution >= 0.6 is 11.3 Å². The predicted molar refractivity (Wildman–Crippen MR) is 59.5 cm³/mol. The Balaban J connectivity index is 2.09. The minimum atomic E-state index is -0.844. The Hall–Kier alpha value is -1.10. The number of carbonyl (C=O) groups is 1. The Labute approximate surface area is 92.3 Å². The molecule has 0 fully saturated rings. The molecule has 0 aliphatic heterocycles. The van der Waals surface area contributed by atoms with Crippen LogP contribution in [0.2, 0.25) is 0 Å². The molecular formula is C10H14N2O2S. The lowest BCUT2D eigenvalue weighted by atomic mass is 10.0. The van der Waals surface area contributed by atoms with E-state index in [1.165, 1.54) is 17.7 Å². The standard InChI is InChI=1S/C10H14N2O2S/c1-6(9(13)14)11-10-12-7-4-2-3-5-8(7)15-10/h6H,2-5H2,1H3,(H,11,12)(H,13,14). The lowest BCUT2D eigenvalue weighted by molar-refractivity contribution is -0.137. The van der Waals surface area contributed by atoms with Crippen LogP contribution < -0.4 is 5.32 Å². The number of nitrogens with one attached hydrogen (secondary N) is 1. The summed E-state index contributed by atoms with van der Waals surface area (Å²) in [4.78, 5) is 16.4. The van der Waals surface area contributed by atoms with Crippen molar-refractivity contribution in [1.82, 2.24) is 4.98 Å². The fourth-order valence-electron chi connectivity index (χ4n) is 1.66. The molecule has 0 radical (unpaired) electrons. The van der Waals surface area contributed by atoms with Crippen molar-refractivity contribution in [2.75, 3.05) is 5.32 Å². The minimum Gasteiger partial charge on any atom is -0.480 e. The van der Waals surface area contributed by atoms with Crippen molar-refractivity contribution in [2.24, 2.45) is 0 Å². The average molecular weight is 226 g/mol. The topological polar surface area (TPSA) is 62.2 Å². The molecule has 5 heteroatoms. The molecule has 2 N–H and O–H groups in total. The second-order valence-corrected chi connectivity index (χ2v) is 4.88. The van der Waals surface area contributed by atoms with Crippen molar-refractivity contribution >= 4 is 22.4 Å². The van der Waals surface area contributed by atoms with Crippen molar-refractivity contribution < 1.29 is 9.90 Å². The van der Waals surface area contributed by atoms with Gasteiger partial charge in [0.1, 0.15) is 6.04 Å². The second kappa shape index (κ2) is 4.18. The molecule has 0 bridgehead atoms. The molecule has 1 unspecified atom stereocenters. The highest BCUT2D eigenvalue weighted by molar-refractivity contribution is 7.15. The van der Waals surface area contributed by atoms with Crippen LogP contribution in [0.4, 0.5) is 5.13 Å². The zero-order chi connectivity index (χ0) is 10.8. The van der Waals surface area contributed by atoms with Gasteiger partial charge in [0.2, 0.25) is 0 Å². The maximum absolute atomic E-state index is 10.7. The molecule has 2 rings (SSSR count). The summed E-state index contributed by atoms with van der Waals surface area (Å²) in [5.41, 5.74) is 1.16. The first kappa shape index (κ1) is 10.4. The van der Waals surface area contributed by atoms with Crippen LogP contribution in [0, 0.1) is 0 Å². The number of hydrogen-bond acceptors (Lipinski definition) is 4. The monoisotopic (exact) mass is 226 g/mol. The van der Waals surface area contributed by atoms with Crippen LogP contribution in [0.15, 0.2) is 0 Å². The molecule has 0 saturated heterocycles. The van der Waals surface area contributed by atoms with E-state index in [4.69, 9.17) is 5.11 Å². The molecule has 0 aromatic carbocycles. The Morgan fingerprint density at radius 2 is 2.27 bits per heavy atom. The molecule has 0 amide bonds. The quantitative estimate of drug-likeness (QED) is 0.826. The maximum atomic E-state index is 10.7. The van der Waals surface area contributed by atoms with Gasteiger partial charge in [0.25, 0.3) is 0 Å². The van der Waals surface area contributed by atoms with Crippen molar-refractivity contribution in [2.45, 2.75) is 38.6 Å². The van der Waals surface area contributed by atoms with Gasteiger partial charge in [-0.3, -0.25) is 4.79 Å². The lowest BCUT2D eigenvalue weighted by Crippen LogP contribution is -2.25. The smallest absolute Gasteiger partial charge is 0.325 e. The van der Waals surface area contributed by atoms with Gasteiger partial charge < -0.3 is 10.4 Å². The number of hydrogen-bond donors (Lipinski definition) is 2. The van der Waals surface area contributed by atoms with E-state index in [1.54, 1.807) is 18.3 Å². The fraction of sp³-hybridized carbons (Fsp3) is 0.600. The number of carboxylic acids is 1. The molecule has 0 saturated carbocycles. The van der Waals surface area contributed by atoms with E-state index in [-0.39, 0.29) is 0 Å². The molecule has 1 aliphatic carbocycles. The third-order valence-corrected chi connectivity index (χ3v) is 3.64. The van der Waals surface area contributed by atoms with Gasteiger partial charge in [0.15, 0.2) is 5.13 Å². The molecule has 1 aliphatic rings. The van der Waals surface area contributed by atoms with Gasteiger partial charge in [-0.1, -0.05) is 0 Å². The molecule has 1 heterocycles. The van der Waals surface area contributed by atoms with Crippen molar-refractivity contribution in [3.63, 3.8) is 0 Å². The van der Waals surface area contributed by atoms with Gasteiger partial charge in [0.05, 0.1) is 5.69 Å². The van der Waals surface area contributed by atoms with Crippen LogP contribution in [0.3, 0.4) is 0 Å².